The Morgan fingerprint density at radius 1 is 1.41 bits per heavy atom. The van der Waals surface area contributed by atoms with Gasteiger partial charge in [-0.1, -0.05) is 17.7 Å². The molecule has 0 bridgehead atoms. The molecule has 0 amide bonds. The van der Waals surface area contributed by atoms with Gasteiger partial charge in [-0.2, -0.15) is 0 Å². The lowest BCUT2D eigenvalue weighted by Gasteiger charge is -2.07. The van der Waals surface area contributed by atoms with Crippen molar-refractivity contribution in [3.05, 3.63) is 28.8 Å². The zero-order valence-electron chi connectivity index (χ0n) is 9.52. The fourth-order valence-corrected chi connectivity index (χ4v) is 3.12. The summed E-state index contributed by atoms with van der Waals surface area (Å²) in [5, 5.41) is 8.98. The van der Waals surface area contributed by atoms with Gasteiger partial charge in [0.15, 0.2) is 9.84 Å². The van der Waals surface area contributed by atoms with Crippen LogP contribution >= 0.6 is 11.6 Å². The molecule has 0 aliphatic rings. The molecule has 0 radical (unpaired) electrons. The van der Waals surface area contributed by atoms with Gasteiger partial charge in [0.2, 0.25) is 0 Å². The lowest BCUT2D eigenvalue weighted by molar-refractivity contribution is 0.295. The lowest BCUT2D eigenvalue weighted by Crippen LogP contribution is -2.10. The highest BCUT2D eigenvalue weighted by Gasteiger charge is 2.14. The number of aliphatic hydroxyl groups excluding tert-OH is 1. The summed E-state index contributed by atoms with van der Waals surface area (Å²) in [6.07, 6.45) is 0.246. The molecule has 0 fully saturated rings. The molecule has 6 heteroatoms. The van der Waals surface area contributed by atoms with Gasteiger partial charge in [0.05, 0.1) is 18.6 Å². The van der Waals surface area contributed by atoms with Gasteiger partial charge in [-0.25, -0.2) is 8.42 Å². The van der Waals surface area contributed by atoms with E-state index in [1.54, 1.807) is 18.2 Å². The molecule has 0 unspecified atom stereocenters. The van der Waals surface area contributed by atoms with Crippen molar-refractivity contribution in [3.63, 3.8) is 0 Å². The summed E-state index contributed by atoms with van der Waals surface area (Å²) in [6, 6.07) is 4.89. The zero-order valence-corrected chi connectivity index (χ0v) is 11.1. The molecule has 1 aromatic carbocycles. The van der Waals surface area contributed by atoms with E-state index in [0.29, 0.717) is 16.3 Å². The highest BCUT2D eigenvalue weighted by Crippen LogP contribution is 2.24. The molecular formula is C11H15ClO4S. The quantitative estimate of drug-likeness (QED) is 0.859. The third-order valence-electron chi connectivity index (χ3n) is 2.25. The predicted octanol–water partition coefficient (Wildman–Crippen LogP) is 1.65. The highest BCUT2D eigenvalue weighted by molar-refractivity contribution is 7.90. The fraction of sp³-hybridized carbons (Fsp3) is 0.455. The molecule has 0 saturated carbocycles. The van der Waals surface area contributed by atoms with E-state index in [1.165, 1.54) is 7.11 Å². The van der Waals surface area contributed by atoms with Crippen LogP contribution in [0.2, 0.25) is 5.02 Å². The fourth-order valence-electron chi connectivity index (χ4n) is 1.37. The van der Waals surface area contributed by atoms with E-state index in [1.807, 2.05) is 0 Å². The van der Waals surface area contributed by atoms with E-state index in [0.717, 1.165) is 0 Å². The second kappa shape index (κ2) is 6.23. The number of methoxy groups -OCH3 is 1. The first-order chi connectivity index (χ1) is 7.98. The Bertz CT molecular complexity index is 470. The molecular weight excluding hydrogens is 264 g/mol. The maximum atomic E-state index is 11.7. The monoisotopic (exact) mass is 278 g/mol. The summed E-state index contributed by atoms with van der Waals surface area (Å²) in [4.78, 5) is 0. The number of hydrogen-bond donors (Lipinski definition) is 1. The third kappa shape index (κ3) is 4.53. The van der Waals surface area contributed by atoms with E-state index in [4.69, 9.17) is 21.4 Å². The van der Waals surface area contributed by atoms with Crippen molar-refractivity contribution in [1.29, 1.82) is 0 Å². The maximum absolute atomic E-state index is 11.7. The number of sulfone groups is 1. The van der Waals surface area contributed by atoms with Crippen LogP contribution in [0.1, 0.15) is 12.0 Å². The molecule has 1 aromatic rings. The van der Waals surface area contributed by atoms with Gasteiger partial charge >= 0.3 is 0 Å². The average molecular weight is 279 g/mol. The molecule has 0 spiro atoms. The van der Waals surface area contributed by atoms with Gasteiger partial charge in [-0.3, -0.25) is 0 Å². The van der Waals surface area contributed by atoms with Crippen LogP contribution in [0.4, 0.5) is 0 Å². The third-order valence-corrected chi connectivity index (χ3v) is 4.26. The van der Waals surface area contributed by atoms with Crippen molar-refractivity contribution < 1.29 is 18.3 Å². The summed E-state index contributed by atoms with van der Waals surface area (Å²) in [5.74, 6) is 0.438. The van der Waals surface area contributed by atoms with Crippen molar-refractivity contribution >= 4 is 21.4 Å². The van der Waals surface area contributed by atoms with Crippen molar-refractivity contribution in [1.82, 2.24) is 0 Å². The number of aliphatic hydroxyl groups is 1. The standard InChI is InChI=1S/C11H15ClO4S/c1-16-10-4-3-9(11(12)7-10)8-17(14,15)6-2-5-13/h3-4,7,13H,2,5-6,8H2,1H3. The van der Waals surface area contributed by atoms with Crippen LogP contribution in [0.25, 0.3) is 0 Å². The van der Waals surface area contributed by atoms with E-state index in [9.17, 15) is 8.42 Å². The number of halogens is 1. The largest absolute Gasteiger partial charge is 0.497 e. The van der Waals surface area contributed by atoms with Crippen molar-refractivity contribution in [2.75, 3.05) is 19.5 Å². The van der Waals surface area contributed by atoms with Crippen LogP contribution in [-0.4, -0.2) is 33.0 Å². The van der Waals surface area contributed by atoms with Crippen LogP contribution in [-0.2, 0) is 15.6 Å². The molecule has 0 atom stereocenters. The Balaban J connectivity index is 2.81. The summed E-state index contributed by atoms with van der Waals surface area (Å²) >= 11 is 5.95. The lowest BCUT2D eigenvalue weighted by atomic mass is 10.2. The van der Waals surface area contributed by atoms with Gasteiger partial charge < -0.3 is 9.84 Å². The Morgan fingerprint density at radius 2 is 2.12 bits per heavy atom. The van der Waals surface area contributed by atoms with Crippen LogP contribution in [0, 0.1) is 0 Å². The molecule has 0 aliphatic heterocycles. The molecule has 0 aliphatic carbocycles. The van der Waals surface area contributed by atoms with Crippen molar-refractivity contribution in [3.8, 4) is 5.75 Å². The SMILES string of the molecule is COc1ccc(CS(=O)(=O)CCCO)c(Cl)c1. The molecule has 4 nitrogen and oxygen atoms in total. The maximum Gasteiger partial charge on any atom is 0.154 e. The second-order valence-electron chi connectivity index (χ2n) is 3.63. The van der Waals surface area contributed by atoms with Crippen LogP contribution < -0.4 is 4.74 Å². The summed E-state index contributed by atoms with van der Waals surface area (Å²) in [6.45, 7) is -0.129. The Morgan fingerprint density at radius 3 is 2.65 bits per heavy atom. The van der Waals surface area contributed by atoms with Crippen molar-refractivity contribution in [2.45, 2.75) is 12.2 Å². The minimum Gasteiger partial charge on any atom is -0.497 e. The Hall–Kier alpha value is -0.780. The van der Waals surface area contributed by atoms with Gasteiger partial charge in [-0.15, -0.1) is 0 Å². The van der Waals surface area contributed by atoms with Gasteiger partial charge in [0, 0.05) is 11.6 Å². The predicted molar refractivity (Wildman–Crippen MR) is 67.2 cm³/mol. The second-order valence-corrected chi connectivity index (χ2v) is 6.22. The number of hydrogen-bond acceptors (Lipinski definition) is 4. The van der Waals surface area contributed by atoms with Crippen LogP contribution in [0.15, 0.2) is 18.2 Å². The molecule has 0 heterocycles. The molecule has 17 heavy (non-hydrogen) atoms. The number of benzene rings is 1. The highest BCUT2D eigenvalue weighted by atomic mass is 35.5. The minimum atomic E-state index is -3.22. The summed E-state index contributed by atoms with van der Waals surface area (Å²) in [5.41, 5.74) is 0.547. The number of rotatable bonds is 6. The van der Waals surface area contributed by atoms with E-state index < -0.39 is 9.84 Å². The van der Waals surface area contributed by atoms with E-state index >= 15 is 0 Å². The first kappa shape index (κ1) is 14.3. The topological polar surface area (TPSA) is 63.6 Å². The Labute approximate surface area is 106 Å². The zero-order chi connectivity index (χ0) is 12.9. The van der Waals surface area contributed by atoms with E-state index in [2.05, 4.69) is 0 Å². The average Bonchev–Trinajstić information content (AvgIpc) is 2.29. The van der Waals surface area contributed by atoms with Gasteiger partial charge in [-0.05, 0) is 24.1 Å². The van der Waals surface area contributed by atoms with Gasteiger partial charge in [0.1, 0.15) is 5.75 Å². The minimum absolute atomic E-state index is 0.0359. The van der Waals surface area contributed by atoms with Gasteiger partial charge in [0.25, 0.3) is 0 Å². The summed E-state index contributed by atoms with van der Waals surface area (Å²) in [7, 11) is -1.71. The molecule has 0 aromatic heterocycles. The first-order valence-corrected chi connectivity index (χ1v) is 7.32. The van der Waals surface area contributed by atoms with Crippen LogP contribution in [0.5, 0.6) is 5.75 Å². The molecule has 0 saturated heterocycles. The normalized spacial score (nSPS) is 11.5. The van der Waals surface area contributed by atoms with Crippen molar-refractivity contribution in [2.24, 2.45) is 0 Å². The molecule has 96 valence electrons. The number of ether oxygens (including phenoxy) is 1. The van der Waals surface area contributed by atoms with Crippen LogP contribution in [0.3, 0.4) is 0 Å². The molecule has 1 rings (SSSR count). The summed E-state index contributed by atoms with van der Waals surface area (Å²) < 4.78 is 28.3. The smallest absolute Gasteiger partial charge is 0.154 e. The Kier molecular flexibility index (Phi) is 5.24. The van der Waals surface area contributed by atoms with E-state index in [-0.39, 0.29) is 24.5 Å². The molecule has 1 N–H and O–H groups in total. The first-order valence-electron chi connectivity index (χ1n) is 5.12.